The van der Waals surface area contributed by atoms with E-state index in [1.165, 1.54) is 19.1 Å². The van der Waals surface area contributed by atoms with E-state index >= 15 is 0 Å². The molecule has 0 saturated carbocycles. The molecule has 0 saturated heterocycles. The van der Waals surface area contributed by atoms with Gasteiger partial charge in [0.05, 0.1) is 11.1 Å². The molecule has 0 radical (unpaired) electrons. The molecule has 5 N–H and O–H groups in total. The van der Waals surface area contributed by atoms with E-state index in [9.17, 15) is 30.0 Å². The predicted molar refractivity (Wildman–Crippen MR) is 68.3 cm³/mol. The molecule has 8 heteroatoms. The van der Waals surface area contributed by atoms with E-state index in [-0.39, 0.29) is 17.5 Å². The van der Waals surface area contributed by atoms with Crippen LogP contribution in [0.5, 0.6) is 0 Å². The molecule has 0 spiro atoms. The fourth-order valence-corrected chi connectivity index (χ4v) is 1.66. The van der Waals surface area contributed by atoms with E-state index in [1.807, 2.05) is 0 Å². The van der Waals surface area contributed by atoms with Crippen LogP contribution < -0.4 is 0 Å². The molecule has 0 unspecified atom stereocenters. The minimum absolute atomic E-state index is 0.0438. The van der Waals surface area contributed by atoms with E-state index < -0.39 is 30.1 Å². The van der Waals surface area contributed by atoms with Gasteiger partial charge in [0.1, 0.15) is 0 Å². The highest BCUT2D eigenvalue weighted by Gasteiger charge is 2.46. The molecule has 0 amide bonds. The largest absolute Gasteiger partial charge is 0.478 e. The Kier molecular flexibility index (Phi) is 5.39. The smallest absolute Gasteiger partial charge is 0.339 e. The summed E-state index contributed by atoms with van der Waals surface area (Å²) in [6.45, 7) is 1.37. The second-order valence-electron chi connectivity index (χ2n) is 4.33. The van der Waals surface area contributed by atoms with E-state index in [4.69, 9.17) is 9.84 Å². The van der Waals surface area contributed by atoms with Crippen LogP contribution in [0.3, 0.4) is 0 Å². The highest BCUT2D eigenvalue weighted by molar-refractivity contribution is 5.92. The van der Waals surface area contributed by atoms with Gasteiger partial charge in [-0.1, -0.05) is 6.92 Å². The van der Waals surface area contributed by atoms with Crippen molar-refractivity contribution in [3.8, 4) is 0 Å². The van der Waals surface area contributed by atoms with Gasteiger partial charge >= 0.3 is 11.9 Å². The highest BCUT2D eigenvalue weighted by Crippen LogP contribution is 2.25. The summed E-state index contributed by atoms with van der Waals surface area (Å²) < 4.78 is 4.81. The van der Waals surface area contributed by atoms with Gasteiger partial charge in [-0.2, -0.15) is 0 Å². The maximum atomic E-state index is 11.9. The van der Waals surface area contributed by atoms with E-state index in [0.717, 1.165) is 12.1 Å². The number of hydrogen-bond donors (Lipinski definition) is 5. The van der Waals surface area contributed by atoms with Crippen molar-refractivity contribution in [3.63, 3.8) is 0 Å². The maximum absolute atomic E-state index is 11.9. The first-order valence-corrected chi connectivity index (χ1v) is 6.03. The van der Waals surface area contributed by atoms with Crippen LogP contribution in [0.4, 0.5) is 0 Å². The SMILES string of the molecule is CCC(OC(=O)c1ccc(C(=O)O)cc1)(C(O)O)C(O)O. The standard InChI is InChI=1S/C13H16O8/c1-2-13(11(17)18,12(19)20)21-10(16)8-5-3-7(4-6-8)9(14)15/h3-6,11-12,17-20H,2H2,1H3,(H,14,15). The van der Waals surface area contributed by atoms with Gasteiger partial charge in [0.25, 0.3) is 0 Å². The molecule has 0 aliphatic heterocycles. The Morgan fingerprint density at radius 3 is 1.81 bits per heavy atom. The number of hydrogen-bond acceptors (Lipinski definition) is 7. The number of aliphatic hydroxyl groups excluding tert-OH is 2. The molecule has 116 valence electrons. The fraction of sp³-hybridized carbons (Fsp3) is 0.385. The van der Waals surface area contributed by atoms with Gasteiger partial charge in [0.2, 0.25) is 5.60 Å². The van der Waals surface area contributed by atoms with Gasteiger partial charge < -0.3 is 30.3 Å². The van der Waals surface area contributed by atoms with Crippen molar-refractivity contribution in [1.29, 1.82) is 0 Å². The Bertz CT molecular complexity index is 497. The van der Waals surface area contributed by atoms with Crippen LogP contribution in [-0.2, 0) is 4.74 Å². The van der Waals surface area contributed by atoms with Gasteiger partial charge in [0, 0.05) is 0 Å². The van der Waals surface area contributed by atoms with E-state index in [2.05, 4.69) is 0 Å². The lowest BCUT2D eigenvalue weighted by molar-refractivity contribution is -0.273. The summed E-state index contributed by atoms with van der Waals surface area (Å²) in [6, 6.07) is 4.66. The molecule has 1 aromatic rings. The molecule has 21 heavy (non-hydrogen) atoms. The number of aliphatic hydroxyl groups is 4. The molecular weight excluding hydrogens is 284 g/mol. The Labute approximate surface area is 119 Å². The summed E-state index contributed by atoms with van der Waals surface area (Å²) in [6.07, 6.45) is -4.86. The van der Waals surface area contributed by atoms with Crippen LogP contribution in [0.1, 0.15) is 34.1 Å². The van der Waals surface area contributed by atoms with Crippen molar-refractivity contribution >= 4 is 11.9 Å². The van der Waals surface area contributed by atoms with Crippen LogP contribution in [0.15, 0.2) is 24.3 Å². The van der Waals surface area contributed by atoms with E-state index in [0.29, 0.717) is 0 Å². The summed E-state index contributed by atoms with van der Waals surface area (Å²) in [5.74, 6) is -2.22. The second kappa shape index (κ2) is 6.64. The average molecular weight is 300 g/mol. The van der Waals surface area contributed by atoms with Crippen molar-refractivity contribution in [1.82, 2.24) is 0 Å². The zero-order chi connectivity index (χ0) is 16.2. The molecule has 0 bridgehead atoms. The van der Waals surface area contributed by atoms with Crippen LogP contribution in [-0.4, -0.2) is 55.7 Å². The zero-order valence-corrected chi connectivity index (χ0v) is 11.1. The Balaban J connectivity index is 2.99. The third kappa shape index (κ3) is 3.56. The summed E-state index contributed by atoms with van der Waals surface area (Å²) in [5, 5.41) is 45.6. The summed E-state index contributed by atoms with van der Waals surface area (Å²) in [4.78, 5) is 22.6. The maximum Gasteiger partial charge on any atom is 0.339 e. The minimum atomic E-state index is -2.30. The molecule has 1 aromatic carbocycles. The van der Waals surface area contributed by atoms with Gasteiger partial charge in [-0.25, -0.2) is 9.59 Å². The number of ether oxygens (including phenoxy) is 1. The van der Waals surface area contributed by atoms with Crippen molar-refractivity contribution in [2.24, 2.45) is 0 Å². The van der Waals surface area contributed by atoms with Crippen molar-refractivity contribution < 1.29 is 39.9 Å². The summed E-state index contributed by atoms with van der Waals surface area (Å²) in [5.41, 5.74) is -2.40. The predicted octanol–water partition coefficient (Wildman–Crippen LogP) is -0.688. The van der Waals surface area contributed by atoms with Crippen molar-refractivity contribution in [3.05, 3.63) is 35.4 Å². The van der Waals surface area contributed by atoms with Crippen LogP contribution in [0.25, 0.3) is 0 Å². The van der Waals surface area contributed by atoms with Gasteiger partial charge in [-0.3, -0.25) is 0 Å². The van der Waals surface area contributed by atoms with Crippen molar-refractivity contribution in [2.45, 2.75) is 31.5 Å². The molecule has 1 rings (SSSR count). The highest BCUT2D eigenvalue weighted by atomic mass is 16.6. The number of benzene rings is 1. The quantitative estimate of drug-likeness (QED) is 0.343. The van der Waals surface area contributed by atoms with Crippen LogP contribution in [0, 0.1) is 0 Å². The fourth-order valence-electron chi connectivity index (χ4n) is 1.66. The van der Waals surface area contributed by atoms with Crippen molar-refractivity contribution in [2.75, 3.05) is 0 Å². The van der Waals surface area contributed by atoms with Crippen LogP contribution >= 0.6 is 0 Å². The molecular formula is C13H16O8. The number of aromatic carboxylic acids is 1. The zero-order valence-electron chi connectivity index (χ0n) is 11.1. The lowest BCUT2D eigenvalue weighted by Gasteiger charge is -2.35. The number of carbonyl (C=O) groups is 2. The first-order chi connectivity index (χ1) is 9.74. The van der Waals surface area contributed by atoms with Gasteiger partial charge in [0.15, 0.2) is 12.6 Å². The lowest BCUT2D eigenvalue weighted by atomic mass is 9.98. The third-order valence-electron chi connectivity index (χ3n) is 3.08. The van der Waals surface area contributed by atoms with Crippen LogP contribution in [0.2, 0.25) is 0 Å². The molecule has 0 aliphatic carbocycles. The molecule has 0 fully saturated rings. The number of carboxylic acid groups (broad SMARTS) is 1. The number of rotatable bonds is 6. The molecule has 0 aromatic heterocycles. The minimum Gasteiger partial charge on any atom is -0.478 e. The molecule has 0 heterocycles. The first kappa shape index (κ1) is 17.1. The Morgan fingerprint density at radius 2 is 1.48 bits per heavy atom. The normalized spacial score (nSPS) is 11.8. The van der Waals surface area contributed by atoms with Gasteiger partial charge in [-0.05, 0) is 30.7 Å². The summed E-state index contributed by atoms with van der Waals surface area (Å²) in [7, 11) is 0. The number of carbonyl (C=O) groups excluding carboxylic acids is 1. The third-order valence-corrected chi connectivity index (χ3v) is 3.08. The molecule has 0 atom stereocenters. The topological polar surface area (TPSA) is 145 Å². The Hall–Kier alpha value is -2.00. The first-order valence-electron chi connectivity index (χ1n) is 6.03. The lowest BCUT2D eigenvalue weighted by Crippen LogP contribution is -2.55. The number of carboxylic acids is 1. The Morgan fingerprint density at radius 1 is 1.05 bits per heavy atom. The molecule has 8 nitrogen and oxygen atoms in total. The average Bonchev–Trinajstić information content (AvgIpc) is 2.43. The second-order valence-corrected chi connectivity index (χ2v) is 4.33. The number of esters is 1. The van der Waals surface area contributed by atoms with Gasteiger partial charge in [-0.15, -0.1) is 0 Å². The molecule has 0 aliphatic rings. The summed E-state index contributed by atoms with van der Waals surface area (Å²) >= 11 is 0. The monoisotopic (exact) mass is 300 g/mol. The van der Waals surface area contributed by atoms with E-state index in [1.54, 1.807) is 0 Å².